The van der Waals surface area contributed by atoms with Gasteiger partial charge in [0.2, 0.25) is 0 Å². The standard InChI is InChI=1S/C29H23ClN4S2/c1-3-35-28-21(17-31)26(23-9-5-7-15-33(23)28)25(19-11-13-20(30)14-12-19)27-22(18-32)29(36-4-2)34-16-8-6-10-24(27)34/h5-16,25H,3-4H2,1-2H3. The smallest absolute Gasteiger partial charge is 0.102 e. The van der Waals surface area contributed by atoms with E-state index in [0.29, 0.717) is 16.1 Å². The minimum Gasteiger partial charge on any atom is -0.310 e. The summed E-state index contributed by atoms with van der Waals surface area (Å²) in [5.41, 5.74) is 6.05. The van der Waals surface area contributed by atoms with E-state index in [1.807, 2.05) is 60.9 Å². The summed E-state index contributed by atoms with van der Waals surface area (Å²) in [5.74, 6) is 1.35. The van der Waals surface area contributed by atoms with Gasteiger partial charge in [0.1, 0.15) is 12.1 Å². The van der Waals surface area contributed by atoms with Gasteiger partial charge in [0, 0.05) is 34.5 Å². The van der Waals surface area contributed by atoms with Crippen molar-refractivity contribution in [3.05, 3.63) is 106 Å². The first kappa shape index (κ1) is 24.4. The van der Waals surface area contributed by atoms with Gasteiger partial charge in [-0.2, -0.15) is 10.5 Å². The van der Waals surface area contributed by atoms with Gasteiger partial charge in [-0.1, -0.05) is 49.7 Å². The quantitative estimate of drug-likeness (QED) is 0.202. The Hall–Kier alpha value is -3.29. The third kappa shape index (κ3) is 3.96. The molecule has 7 heteroatoms. The molecule has 0 saturated heterocycles. The summed E-state index contributed by atoms with van der Waals surface area (Å²) >= 11 is 9.60. The van der Waals surface area contributed by atoms with Crippen LogP contribution < -0.4 is 0 Å². The summed E-state index contributed by atoms with van der Waals surface area (Å²) in [6.45, 7) is 4.18. The molecule has 0 aliphatic carbocycles. The second-order valence-corrected chi connectivity index (χ2v) is 11.1. The van der Waals surface area contributed by atoms with Crippen LogP contribution in [0.4, 0.5) is 0 Å². The Labute approximate surface area is 224 Å². The van der Waals surface area contributed by atoms with E-state index >= 15 is 0 Å². The Kier molecular flexibility index (Phi) is 7.03. The van der Waals surface area contributed by atoms with Crippen LogP contribution in [0.2, 0.25) is 5.02 Å². The molecule has 4 heterocycles. The van der Waals surface area contributed by atoms with Gasteiger partial charge in [-0.05, 0) is 53.5 Å². The van der Waals surface area contributed by atoms with Crippen LogP contribution in [0.1, 0.15) is 47.6 Å². The maximum Gasteiger partial charge on any atom is 0.102 e. The van der Waals surface area contributed by atoms with Crippen molar-refractivity contribution in [3.8, 4) is 12.1 Å². The number of rotatable bonds is 7. The van der Waals surface area contributed by atoms with Crippen LogP contribution in [0.5, 0.6) is 0 Å². The fourth-order valence-corrected chi connectivity index (χ4v) is 6.77. The summed E-state index contributed by atoms with van der Waals surface area (Å²) < 4.78 is 4.22. The van der Waals surface area contributed by atoms with Gasteiger partial charge in [0.25, 0.3) is 0 Å². The lowest BCUT2D eigenvalue weighted by molar-refractivity contribution is 0.990. The molecule has 0 aliphatic rings. The lowest BCUT2D eigenvalue weighted by atomic mass is 9.82. The van der Waals surface area contributed by atoms with Crippen LogP contribution in [0.15, 0.2) is 83.1 Å². The molecule has 0 spiro atoms. The zero-order chi connectivity index (χ0) is 25.2. The van der Waals surface area contributed by atoms with Crippen LogP contribution in [-0.2, 0) is 0 Å². The second kappa shape index (κ2) is 10.4. The first-order valence-electron chi connectivity index (χ1n) is 11.7. The number of hydrogen-bond acceptors (Lipinski definition) is 4. The zero-order valence-corrected chi connectivity index (χ0v) is 22.3. The molecule has 4 nitrogen and oxygen atoms in total. The molecule has 0 radical (unpaired) electrons. The van der Waals surface area contributed by atoms with E-state index in [2.05, 4.69) is 46.9 Å². The van der Waals surface area contributed by atoms with Gasteiger partial charge < -0.3 is 8.80 Å². The monoisotopic (exact) mass is 526 g/mol. The molecule has 5 aromatic rings. The number of thioether (sulfide) groups is 2. The number of nitrogens with zero attached hydrogens (tertiary/aromatic N) is 4. The third-order valence-corrected chi connectivity index (χ3v) is 8.42. The van der Waals surface area contributed by atoms with Gasteiger partial charge in [0.05, 0.1) is 32.2 Å². The van der Waals surface area contributed by atoms with E-state index < -0.39 is 0 Å². The van der Waals surface area contributed by atoms with E-state index in [1.165, 1.54) is 0 Å². The Balaban J connectivity index is 1.96. The molecule has 0 N–H and O–H groups in total. The average molecular weight is 527 g/mol. The summed E-state index contributed by atoms with van der Waals surface area (Å²) in [6, 6.07) is 24.9. The molecular formula is C29H23ClN4S2. The molecule has 178 valence electrons. The summed E-state index contributed by atoms with van der Waals surface area (Å²) in [4.78, 5) is 0. The maximum atomic E-state index is 10.5. The number of halogens is 1. The average Bonchev–Trinajstić information content (AvgIpc) is 3.39. The maximum absolute atomic E-state index is 10.5. The van der Waals surface area contributed by atoms with Crippen molar-refractivity contribution in [1.29, 1.82) is 10.5 Å². The lowest BCUT2D eigenvalue weighted by Gasteiger charge is -2.19. The Morgan fingerprint density at radius 1 is 0.750 bits per heavy atom. The van der Waals surface area contributed by atoms with Gasteiger partial charge in [-0.3, -0.25) is 0 Å². The van der Waals surface area contributed by atoms with Crippen molar-refractivity contribution in [2.75, 3.05) is 11.5 Å². The Morgan fingerprint density at radius 3 is 1.64 bits per heavy atom. The largest absolute Gasteiger partial charge is 0.310 e. The molecule has 0 bridgehead atoms. The highest BCUT2D eigenvalue weighted by Gasteiger charge is 2.33. The van der Waals surface area contributed by atoms with Gasteiger partial charge in [-0.25, -0.2) is 0 Å². The fraction of sp³-hybridized carbons (Fsp3) is 0.172. The highest BCUT2D eigenvalue weighted by Crippen LogP contribution is 2.46. The molecule has 0 fully saturated rings. The van der Waals surface area contributed by atoms with E-state index in [1.54, 1.807) is 23.5 Å². The van der Waals surface area contributed by atoms with E-state index in [0.717, 1.165) is 49.3 Å². The summed E-state index contributed by atoms with van der Waals surface area (Å²) in [5, 5.41) is 23.4. The Morgan fingerprint density at radius 2 is 1.22 bits per heavy atom. The van der Waals surface area contributed by atoms with Crippen molar-refractivity contribution < 1.29 is 0 Å². The number of aromatic nitrogens is 2. The minimum absolute atomic E-state index is 0.334. The highest BCUT2D eigenvalue weighted by molar-refractivity contribution is 7.99. The first-order valence-corrected chi connectivity index (χ1v) is 14.1. The molecule has 4 aromatic heterocycles. The van der Waals surface area contributed by atoms with Crippen molar-refractivity contribution in [2.24, 2.45) is 0 Å². The van der Waals surface area contributed by atoms with E-state index in [9.17, 15) is 10.5 Å². The topological polar surface area (TPSA) is 56.4 Å². The third-order valence-electron chi connectivity index (χ3n) is 6.24. The Bertz CT molecular complexity index is 1550. The minimum atomic E-state index is -0.334. The first-order chi connectivity index (χ1) is 17.6. The number of benzene rings is 1. The number of nitriles is 2. The summed E-state index contributed by atoms with van der Waals surface area (Å²) in [7, 11) is 0. The predicted molar refractivity (Wildman–Crippen MR) is 149 cm³/mol. The van der Waals surface area contributed by atoms with Crippen LogP contribution >= 0.6 is 35.1 Å². The molecule has 0 atom stereocenters. The van der Waals surface area contributed by atoms with Crippen LogP contribution in [0, 0.1) is 22.7 Å². The highest BCUT2D eigenvalue weighted by atomic mass is 35.5. The van der Waals surface area contributed by atoms with E-state index in [4.69, 9.17) is 11.6 Å². The van der Waals surface area contributed by atoms with Crippen LogP contribution in [0.3, 0.4) is 0 Å². The van der Waals surface area contributed by atoms with Gasteiger partial charge in [-0.15, -0.1) is 23.5 Å². The molecule has 0 amide bonds. The molecule has 0 unspecified atom stereocenters. The molecule has 0 aliphatic heterocycles. The van der Waals surface area contributed by atoms with Crippen LogP contribution in [0.25, 0.3) is 11.0 Å². The SMILES string of the molecule is CCSc1c(C#N)c(C(c2ccc(Cl)cc2)c2c(C#N)c(SCC)n3ccccc23)c2ccccn12. The molecule has 5 rings (SSSR count). The molecule has 36 heavy (non-hydrogen) atoms. The van der Waals surface area contributed by atoms with E-state index in [-0.39, 0.29) is 5.92 Å². The van der Waals surface area contributed by atoms with Crippen molar-refractivity contribution >= 4 is 46.2 Å². The lowest BCUT2D eigenvalue weighted by Crippen LogP contribution is -2.06. The fourth-order valence-electron chi connectivity index (χ4n) is 4.90. The van der Waals surface area contributed by atoms with Crippen LogP contribution in [-0.4, -0.2) is 20.3 Å². The second-order valence-electron chi connectivity index (χ2n) is 8.17. The summed E-state index contributed by atoms with van der Waals surface area (Å²) in [6.07, 6.45) is 4.02. The van der Waals surface area contributed by atoms with Crippen molar-refractivity contribution in [1.82, 2.24) is 8.80 Å². The van der Waals surface area contributed by atoms with Crippen molar-refractivity contribution in [3.63, 3.8) is 0 Å². The molecule has 0 saturated carbocycles. The number of fused-ring (bicyclic) bond motifs is 2. The van der Waals surface area contributed by atoms with Crippen molar-refractivity contribution in [2.45, 2.75) is 29.8 Å². The predicted octanol–water partition coefficient (Wildman–Crippen LogP) is 7.99. The molecule has 1 aromatic carbocycles. The normalized spacial score (nSPS) is 11.3. The van der Waals surface area contributed by atoms with Gasteiger partial charge >= 0.3 is 0 Å². The number of pyridine rings is 2. The number of hydrogen-bond donors (Lipinski definition) is 0. The zero-order valence-electron chi connectivity index (χ0n) is 19.9. The van der Waals surface area contributed by atoms with Gasteiger partial charge in [0.15, 0.2) is 0 Å². The molecular weight excluding hydrogens is 504 g/mol.